The van der Waals surface area contributed by atoms with Crippen molar-refractivity contribution in [3.8, 4) is 0 Å². The molecule has 0 radical (unpaired) electrons. The van der Waals surface area contributed by atoms with Crippen LogP contribution in [0.2, 0.25) is 0 Å². The number of rotatable bonds is 2. The summed E-state index contributed by atoms with van der Waals surface area (Å²) in [6.07, 6.45) is 1.88. The van der Waals surface area contributed by atoms with Crippen LogP contribution in [0.1, 0.15) is 39.0 Å². The van der Waals surface area contributed by atoms with Crippen molar-refractivity contribution in [2.24, 2.45) is 0 Å². The Hall–Kier alpha value is -0.800. The van der Waals surface area contributed by atoms with E-state index in [-0.39, 0.29) is 11.2 Å². The summed E-state index contributed by atoms with van der Waals surface area (Å²) in [6, 6.07) is 2.12. The van der Waals surface area contributed by atoms with E-state index < -0.39 is 0 Å². The van der Waals surface area contributed by atoms with Gasteiger partial charge in [0.25, 0.3) is 0 Å². The standard InChI is InChI=1S/C15H23ClN2O/c1-11-6-13(12(7-16)8-17-11)18-9-14(2,3)19-15(4,5)10-18/h6,8H,7,9-10H2,1-5H3. The van der Waals surface area contributed by atoms with Gasteiger partial charge in [0.05, 0.1) is 17.1 Å². The molecule has 1 aromatic heterocycles. The van der Waals surface area contributed by atoms with Gasteiger partial charge in [-0.05, 0) is 40.7 Å². The highest BCUT2D eigenvalue weighted by atomic mass is 35.5. The first-order valence-electron chi connectivity index (χ1n) is 6.69. The summed E-state index contributed by atoms with van der Waals surface area (Å²) >= 11 is 6.05. The lowest BCUT2D eigenvalue weighted by Gasteiger charge is -2.48. The summed E-state index contributed by atoms with van der Waals surface area (Å²) < 4.78 is 6.13. The monoisotopic (exact) mass is 282 g/mol. The second-order valence-electron chi connectivity index (χ2n) is 6.57. The SMILES string of the molecule is Cc1cc(N2CC(C)(C)OC(C)(C)C2)c(CCl)cn1. The van der Waals surface area contributed by atoms with Gasteiger partial charge in [0, 0.05) is 36.2 Å². The minimum Gasteiger partial charge on any atom is -0.366 e. The minimum absolute atomic E-state index is 0.164. The van der Waals surface area contributed by atoms with Crippen LogP contribution in [0, 0.1) is 6.92 Å². The fraction of sp³-hybridized carbons (Fsp3) is 0.667. The topological polar surface area (TPSA) is 25.4 Å². The van der Waals surface area contributed by atoms with E-state index in [0.29, 0.717) is 5.88 Å². The fourth-order valence-corrected chi connectivity index (χ4v) is 3.13. The molecule has 3 nitrogen and oxygen atoms in total. The second kappa shape index (κ2) is 4.95. The number of morpholine rings is 1. The van der Waals surface area contributed by atoms with Gasteiger partial charge in [-0.25, -0.2) is 0 Å². The van der Waals surface area contributed by atoms with Gasteiger partial charge in [-0.2, -0.15) is 0 Å². The molecule has 0 bridgehead atoms. The Bertz CT molecular complexity index is 455. The molecule has 0 saturated carbocycles. The summed E-state index contributed by atoms with van der Waals surface area (Å²) in [5.74, 6) is 0.487. The predicted molar refractivity (Wildman–Crippen MR) is 80.0 cm³/mol. The van der Waals surface area contributed by atoms with Crippen molar-refractivity contribution in [2.45, 2.75) is 51.7 Å². The summed E-state index contributed by atoms with van der Waals surface area (Å²) in [7, 11) is 0. The molecule has 1 aromatic rings. The molecular formula is C15H23ClN2O. The first kappa shape index (κ1) is 14.6. The number of nitrogens with zero attached hydrogens (tertiary/aromatic N) is 2. The number of aromatic nitrogens is 1. The van der Waals surface area contributed by atoms with Gasteiger partial charge >= 0.3 is 0 Å². The number of halogens is 1. The van der Waals surface area contributed by atoms with Crippen LogP contribution in [0.15, 0.2) is 12.3 Å². The molecule has 1 aliphatic rings. The molecule has 2 heterocycles. The van der Waals surface area contributed by atoms with Crippen LogP contribution in [0.3, 0.4) is 0 Å². The van der Waals surface area contributed by atoms with Crippen LogP contribution in [0.5, 0.6) is 0 Å². The maximum absolute atomic E-state index is 6.13. The van der Waals surface area contributed by atoms with E-state index in [1.807, 2.05) is 13.1 Å². The molecule has 1 aliphatic heterocycles. The Balaban J connectivity index is 2.38. The van der Waals surface area contributed by atoms with Crippen molar-refractivity contribution < 1.29 is 4.74 Å². The van der Waals surface area contributed by atoms with Crippen molar-refractivity contribution in [3.63, 3.8) is 0 Å². The smallest absolute Gasteiger partial charge is 0.0808 e. The van der Waals surface area contributed by atoms with Crippen molar-refractivity contribution in [3.05, 3.63) is 23.5 Å². The zero-order valence-corrected chi connectivity index (χ0v) is 13.2. The van der Waals surface area contributed by atoms with Crippen molar-refractivity contribution in [2.75, 3.05) is 18.0 Å². The number of ether oxygens (including phenoxy) is 1. The summed E-state index contributed by atoms with van der Waals surface area (Å²) in [5.41, 5.74) is 2.96. The molecule has 0 aromatic carbocycles. The largest absolute Gasteiger partial charge is 0.366 e. The number of hydrogen-bond acceptors (Lipinski definition) is 3. The molecule has 0 spiro atoms. The van der Waals surface area contributed by atoms with Crippen LogP contribution in [0.25, 0.3) is 0 Å². The third kappa shape index (κ3) is 3.40. The van der Waals surface area contributed by atoms with E-state index in [1.165, 1.54) is 5.69 Å². The molecule has 19 heavy (non-hydrogen) atoms. The van der Waals surface area contributed by atoms with Crippen molar-refractivity contribution >= 4 is 17.3 Å². The maximum atomic E-state index is 6.13. The number of pyridine rings is 1. The molecule has 4 heteroatoms. The Morgan fingerprint density at radius 2 is 1.84 bits per heavy atom. The van der Waals surface area contributed by atoms with E-state index in [1.54, 1.807) is 0 Å². The van der Waals surface area contributed by atoms with E-state index >= 15 is 0 Å². The van der Waals surface area contributed by atoms with E-state index in [9.17, 15) is 0 Å². The maximum Gasteiger partial charge on any atom is 0.0808 e. The highest BCUT2D eigenvalue weighted by molar-refractivity contribution is 6.17. The molecule has 0 amide bonds. The van der Waals surface area contributed by atoms with Crippen molar-refractivity contribution in [1.82, 2.24) is 4.98 Å². The normalized spacial score (nSPS) is 21.5. The lowest BCUT2D eigenvalue weighted by atomic mass is 9.97. The summed E-state index contributed by atoms with van der Waals surface area (Å²) in [6.45, 7) is 12.3. The number of hydrogen-bond donors (Lipinski definition) is 0. The van der Waals surface area contributed by atoms with Gasteiger partial charge in [-0.15, -0.1) is 11.6 Å². The molecule has 0 atom stereocenters. The molecule has 2 rings (SSSR count). The quantitative estimate of drug-likeness (QED) is 0.776. The van der Waals surface area contributed by atoms with Gasteiger partial charge in [0.15, 0.2) is 0 Å². The number of anilines is 1. The van der Waals surface area contributed by atoms with E-state index in [2.05, 4.69) is 43.6 Å². The highest BCUT2D eigenvalue weighted by Crippen LogP contribution is 2.33. The lowest BCUT2D eigenvalue weighted by Crippen LogP contribution is -2.57. The highest BCUT2D eigenvalue weighted by Gasteiger charge is 2.38. The van der Waals surface area contributed by atoms with Crippen LogP contribution >= 0.6 is 11.6 Å². The Morgan fingerprint density at radius 3 is 2.37 bits per heavy atom. The second-order valence-corrected chi connectivity index (χ2v) is 6.83. The molecule has 0 N–H and O–H groups in total. The molecule has 0 unspecified atom stereocenters. The Labute approximate surface area is 120 Å². The average Bonchev–Trinajstić information content (AvgIpc) is 2.24. The average molecular weight is 283 g/mol. The van der Waals surface area contributed by atoms with Crippen LogP contribution in [-0.2, 0) is 10.6 Å². The lowest BCUT2D eigenvalue weighted by molar-refractivity contribution is -0.133. The summed E-state index contributed by atoms with van der Waals surface area (Å²) in [5, 5.41) is 0. The number of aryl methyl sites for hydroxylation is 1. The zero-order valence-electron chi connectivity index (χ0n) is 12.5. The van der Waals surface area contributed by atoms with Gasteiger partial charge < -0.3 is 9.64 Å². The third-order valence-electron chi connectivity index (χ3n) is 3.28. The zero-order chi connectivity index (χ0) is 14.3. The Kier molecular flexibility index (Phi) is 3.80. The fourth-order valence-electron chi connectivity index (χ4n) is 2.93. The predicted octanol–water partition coefficient (Wildman–Crippen LogP) is 3.52. The summed E-state index contributed by atoms with van der Waals surface area (Å²) in [4.78, 5) is 6.71. The van der Waals surface area contributed by atoms with Crippen LogP contribution in [-0.4, -0.2) is 29.3 Å². The first-order valence-corrected chi connectivity index (χ1v) is 7.22. The van der Waals surface area contributed by atoms with Crippen LogP contribution < -0.4 is 4.90 Å². The Morgan fingerprint density at radius 1 is 1.26 bits per heavy atom. The van der Waals surface area contributed by atoms with Gasteiger partial charge in [0.2, 0.25) is 0 Å². The van der Waals surface area contributed by atoms with Gasteiger partial charge in [0.1, 0.15) is 0 Å². The van der Waals surface area contributed by atoms with Crippen LogP contribution in [0.4, 0.5) is 5.69 Å². The molecule has 106 valence electrons. The molecule has 0 aliphatic carbocycles. The molecular weight excluding hydrogens is 260 g/mol. The van der Waals surface area contributed by atoms with E-state index in [4.69, 9.17) is 16.3 Å². The third-order valence-corrected chi connectivity index (χ3v) is 3.57. The van der Waals surface area contributed by atoms with Gasteiger partial charge in [-0.3, -0.25) is 4.98 Å². The first-order chi connectivity index (χ1) is 8.72. The van der Waals surface area contributed by atoms with Gasteiger partial charge in [-0.1, -0.05) is 0 Å². The molecule has 1 saturated heterocycles. The van der Waals surface area contributed by atoms with Crippen molar-refractivity contribution in [1.29, 1.82) is 0 Å². The number of alkyl halides is 1. The van der Waals surface area contributed by atoms with E-state index in [0.717, 1.165) is 24.3 Å². The molecule has 1 fully saturated rings. The minimum atomic E-state index is -0.164.